The van der Waals surface area contributed by atoms with Gasteiger partial charge < -0.3 is 15.8 Å². The van der Waals surface area contributed by atoms with Gasteiger partial charge in [0.1, 0.15) is 0 Å². The van der Waals surface area contributed by atoms with Gasteiger partial charge in [0.15, 0.2) is 5.96 Å². The van der Waals surface area contributed by atoms with Gasteiger partial charge in [-0.25, -0.2) is 4.99 Å². The molecule has 4 nitrogen and oxygen atoms in total. The number of aliphatic imine (C=N–C) groups is 1. The van der Waals surface area contributed by atoms with E-state index >= 15 is 0 Å². The molecule has 2 aliphatic rings. The van der Waals surface area contributed by atoms with E-state index in [0.717, 1.165) is 18.6 Å². The third-order valence-corrected chi connectivity index (χ3v) is 3.92. The van der Waals surface area contributed by atoms with E-state index < -0.39 is 0 Å². The molecule has 0 amide bonds. The van der Waals surface area contributed by atoms with Crippen LogP contribution in [0.3, 0.4) is 0 Å². The summed E-state index contributed by atoms with van der Waals surface area (Å²) in [6, 6.07) is 0.379. The van der Waals surface area contributed by atoms with Crippen molar-refractivity contribution in [2.75, 3.05) is 13.2 Å². The average Bonchev–Trinajstić information content (AvgIpc) is 2.69. The number of rotatable bonds is 3. The summed E-state index contributed by atoms with van der Waals surface area (Å²) < 4.78 is 5.74. The van der Waals surface area contributed by atoms with Crippen molar-refractivity contribution >= 4 is 5.96 Å². The lowest BCUT2D eigenvalue weighted by Gasteiger charge is -2.54. The predicted octanol–water partition coefficient (Wildman–Crippen LogP) is 1.28. The Morgan fingerprint density at radius 1 is 1.59 bits per heavy atom. The number of nitrogens with two attached hydrogens (primary N) is 1. The SMILES string of the molecule is C=C(C)CN=C(N)NC1C2CCOC2C1(C)C. The number of nitrogens with one attached hydrogen (secondary N) is 1. The smallest absolute Gasteiger partial charge is 0.189 e. The molecule has 0 aromatic rings. The molecule has 0 aromatic heterocycles. The van der Waals surface area contributed by atoms with Crippen LogP contribution in [0.2, 0.25) is 0 Å². The van der Waals surface area contributed by atoms with Crippen LogP contribution in [0.5, 0.6) is 0 Å². The van der Waals surface area contributed by atoms with Crippen LogP contribution in [-0.2, 0) is 4.74 Å². The molecule has 1 saturated carbocycles. The first-order chi connectivity index (χ1) is 7.93. The minimum absolute atomic E-state index is 0.143. The summed E-state index contributed by atoms with van der Waals surface area (Å²) in [7, 11) is 0. The van der Waals surface area contributed by atoms with Gasteiger partial charge in [0.25, 0.3) is 0 Å². The largest absolute Gasteiger partial charge is 0.377 e. The fraction of sp³-hybridized carbons (Fsp3) is 0.769. The van der Waals surface area contributed by atoms with Crippen molar-refractivity contribution in [3.05, 3.63) is 12.2 Å². The zero-order chi connectivity index (χ0) is 12.6. The third kappa shape index (κ3) is 2.18. The van der Waals surface area contributed by atoms with Gasteiger partial charge in [0, 0.05) is 24.0 Å². The number of nitrogens with zero attached hydrogens (tertiary/aromatic N) is 1. The Morgan fingerprint density at radius 2 is 2.29 bits per heavy atom. The lowest BCUT2D eigenvalue weighted by atomic mass is 9.57. The molecular weight excluding hydrogens is 214 g/mol. The highest BCUT2D eigenvalue weighted by atomic mass is 16.5. The Balaban J connectivity index is 1.95. The summed E-state index contributed by atoms with van der Waals surface area (Å²) in [5.41, 5.74) is 7.05. The molecule has 3 unspecified atom stereocenters. The summed E-state index contributed by atoms with van der Waals surface area (Å²) in [6.07, 6.45) is 1.51. The monoisotopic (exact) mass is 237 g/mol. The summed E-state index contributed by atoms with van der Waals surface area (Å²) >= 11 is 0. The first kappa shape index (κ1) is 12.4. The number of guanidine groups is 1. The number of hydrogen-bond acceptors (Lipinski definition) is 2. The second-order valence-electron chi connectivity index (χ2n) is 5.85. The molecule has 2 fully saturated rings. The van der Waals surface area contributed by atoms with Gasteiger partial charge in [-0.15, -0.1) is 0 Å². The number of ether oxygens (including phenoxy) is 1. The minimum Gasteiger partial charge on any atom is -0.377 e. The van der Waals surface area contributed by atoms with Crippen LogP contribution in [-0.4, -0.2) is 31.3 Å². The summed E-state index contributed by atoms with van der Waals surface area (Å²) in [5, 5.41) is 3.34. The Labute approximate surface area is 103 Å². The van der Waals surface area contributed by atoms with Crippen LogP contribution in [0.4, 0.5) is 0 Å². The van der Waals surface area contributed by atoms with Crippen molar-refractivity contribution < 1.29 is 4.74 Å². The van der Waals surface area contributed by atoms with Crippen LogP contribution < -0.4 is 11.1 Å². The molecule has 17 heavy (non-hydrogen) atoms. The van der Waals surface area contributed by atoms with Gasteiger partial charge in [-0.05, 0) is 13.3 Å². The molecule has 3 atom stereocenters. The van der Waals surface area contributed by atoms with Crippen molar-refractivity contribution in [3.8, 4) is 0 Å². The van der Waals surface area contributed by atoms with Gasteiger partial charge in [-0.3, -0.25) is 0 Å². The lowest BCUT2D eigenvalue weighted by Crippen LogP contribution is -2.67. The van der Waals surface area contributed by atoms with E-state index in [-0.39, 0.29) is 5.41 Å². The molecule has 3 N–H and O–H groups in total. The maximum Gasteiger partial charge on any atom is 0.189 e. The van der Waals surface area contributed by atoms with Gasteiger partial charge in [0.05, 0.1) is 12.6 Å². The first-order valence-electron chi connectivity index (χ1n) is 6.25. The van der Waals surface area contributed by atoms with Gasteiger partial charge in [-0.2, -0.15) is 0 Å². The van der Waals surface area contributed by atoms with Gasteiger partial charge in [-0.1, -0.05) is 26.0 Å². The quantitative estimate of drug-likeness (QED) is 0.441. The molecule has 0 spiro atoms. The van der Waals surface area contributed by atoms with Crippen LogP contribution >= 0.6 is 0 Å². The topological polar surface area (TPSA) is 59.6 Å². The summed E-state index contributed by atoms with van der Waals surface area (Å²) in [4.78, 5) is 4.27. The third-order valence-electron chi connectivity index (χ3n) is 3.92. The summed E-state index contributed by atoms with van der Waals surface area (Å²) in [6.45, 7) is 11.7. The van der Waals surface area contributed by atoms with E-state index in [0.29, 0.717) is 30.6 Å². The Morgan fingerprint density at radius 3 is 2.94 bits per heavy atom. The van der Waals surface area contributed by atoms with Crippen molar-refractivity contribution in [1.29, 1.82) is 0 Å². The Hall–Kier alpha value is -1.03. The predicted molar refractivity (Wildman–Crippen MR) is 69.9 cm³/mol. The second-order valence-corrected chi connectivity index (χ2v) is 5.85. The Bertz CT molecular complexity index is 349. The van der Waals surface area contributed by atoms with E-state index in [1.165, 1.54) is 0 Å². The minimum atomic E-state index is 0.143. The highest BCUT2D eigenvalue weighted by molar-refractivity contribution is 5.78. The van der Waals surface area contributed by atoms with Crippen LogP contribution in [0, 0.1) is 11.3 Å². The normalized spacial score (nSPS) is 35.0. The lowest BCUT2D eigenvalue weighted by molar-refractivity contribution is -0.106. The van der Waals surface area contributed by atoms with Crippen LogP contribution in [0.15, 0.2) is 17.1 Å². The number of fused-ring (bicyclic) bond motifs is 1. The fourth-order valence-electron chi connectivity index (χ4n) is 3.04. The standard InChI is InChI=1S/C13H23N3O/c1-8(2)7-15-12(14)16-10-9-5-6-17-11(9)13(10,3)4/h9-11H,1,5-7H2,2-4H3,(H3,14,15,16). The highest BCUT2D eigenvalue weighted by Crippen LogP contribution is 2.51. The van der Waals surface area contributed by atoms with E-state index in [1.807, 2.05) is 6.92 Å². The van der Waals surface area contributed by atoms with E-state index in [9.17, 15) is 0 Å². The van der Waals surface area contributed by atoms with Gasteiger partial charge >= 0.3 is 0 Å². The average molecular weight is 237 g/mol. The fourth-order valence-corrected chi connectivity index (χ4v) is 3.04. The molecule has 1 saturated heterocycles. The van der Waals surface area contributed by atoms with Crippen molar-refractivity contribution in [1.82, 2.24) is 5.32 Å². The maximum absolute atomic E-state index is 5.89. The zero-order valence-electron chi connectivity index (χ0n) is 11.0. The summed E-state index contributed by atoms with van der Waals surface area (Å²) in [5.74, 6) is 1.11. The maximum atomic E-state index is 5.89. The molecule has 1 aliphatic heterocycles. The molecule has 1 aliphatic carbocycles. The zero-order valence-corrected chi connectivity index (χ0v) is 11.0. The van der Waals surface area contributed by atoms with E-state index in [4.69, 9.17) is 10.5 Å². The molecule has 96 valence electrons. The highest BCUT2D eigenvalue weighted by Gasteiger charge is 2.59. The molecule has 4 heteroatoms. The molecular formula is C13H23N3O. The number of hydrogen-bond donors (Lipinski definition) is 2. The van der Waals surface area contributed by atoms with Crippen molar-refractivity contribution in [2.45, 2.75) is 39.3 Å². The molecule has 0 radical (unpaired) electrons. The van der Waals surface area contributed by atoms with E-state index in [2.05, 4.69) is 30.7 Å². The van der Waals surface area contributed by atoms with Crippen molar-refractivity contribution in [2.24, 2.45) is 22.1 Å². The molecule has 2 rings (SSSR count). The van der Waals surface area contributed by atoms with E-state index in [1.54, 1.807) is 0 Å². The second kappa shape index (κ2) is 4.33. The van der Waals surface area contributed by atoms with Crippen LogP contribution in [0.1, 0.15) is 27.2 Å². The van der Waals surface area contributed by atoms with Gasteiger partial charge in [0.2, 0.25) is 0 Å². The first-order valence-corrected chi connectivity index (χ1v) is 6.25. The molecule has 0 aromatic carbocycles. The Kier molecular flexibility index (Phi) is 3.17. The van der Waals surface area contributed by atoms with Crippen LogP contribution in [0.25, 0.3) is 0 Å². The van der Waals surface area contributed by atoms with Crippen molar-refractivity contribution in [3.63, 3.8) is 0 Å². The molecule has 1 heterocycles. The molecule has 0 bridgehead atoms.